The van der Waals surface area contributed by atoms with E-state index in [1.54, 1.807) is 0 Å². The number of halogens is 3. The molecule has 100 valence electrons. The van der Waals surface area contributed by atoms with Gasteiger partial charge in [-0.2, -0.15) is 21.6 Å². The zero-order valence-corrected chi connectivity index (χ0v) is 9.92. The Morgan fingerprint density at radius 3 is 2.22 bits per heavy atom. The minimum Gasteiger partial charge on any atom is -0.366 e. The van der Waals surface area contributed by atoms with Gasteiger partial charge in [0.2, 0.25) is 0 Å². The van der Waals surface area contributed by atoms with Gasteiger partial charge in [0.25, 0.3) is 5.91 Å². The molecule has 5 nitrogen and oxygen atoms in total. The Morgan fingerprint density at radius 2 is 1.78 bits per heavy atom. The van der Waals surface area contributed by atoms with Crippen LogP contribution in [0.2, 0.25) is 0 Å². The molecule has 1 amide bonds. The van der Waals surface area contributed by atoms with E-state index in [0.29, 0.717) is 7.05 Å². The minimum atomic E-state index is -5.56. The molecule has 1 aromatic carbocycles. The predicted octanol–water partition coefficient (Wildman–Crippen LogP) is 1.07. The number of rotatable bonds is 3. The van der Waals surface area contributed by atoms with E-state index in [-0.39, 0.29) is 9.87 Å². The first-order valence-electron chi connectivity index (χ1n) is 4.53. The Bertz CT molecular complexity index is 569. The van der Waals surface area contributed by atoms with E-state index in [9.17, 15) is 26.4 Å². The highest BCUT2D eigenvalue weighted by molar-refractivity contribution is 7.93. The smallest absolute Gasteiger partial charge is 0.366 e. The molecule has 18 heavy (non-hydrogen) atoms. The fourth-order valence-electron chi connectivity index (χ4n) is 1.24. The molecule has 1 aromatic rings. The number of anilines is 1. The lowest BCUT2D eigenvalue weighted by molar-refractivity contribution is -0.0437. The van der Waals surface area contributed by atoms with E-state index < -0.39 is 27.1 Å². The maximum Gasteiger partial charge on any atom is 0.516 e. The lowest BCUT2D eigenvalue weighted by Crippen LogP contribution is -2.39. The van der Waals surface area contributed by atoms with Crippen LogP contribution in [0, 0.1) is 0 Å². The second kappa shape index (κ2) is 4.48. The normalized spacial score (nSPS) is 12.2. The number of alkyl halides is 3. The second-order valence-corrected chi connectivity index (χ2v) is 5.26. The van der Waals surface area contributed by atoms with Gasteiger partial charge in [0.15, 0.2) is 0 Å². The summed E-state index contributed by atoms with van der Waals surface area (Å²) in [6.07, 6.45) is 0. The molecule has 0 saturated carbocycles. The number of primary amides is 1. The third-order valence-corrected chi connectivity index (χ3v) is 3.66. The number of amides is 1. The second-order valence-electron chi connectivity index (χ2n) is 3.30. The van der Waals surface area contributed by atoms with Crippen molar-refractivity contribution in [3.63, 3.8) is 0 Å². The topological polar surface area (TPSA) is 80.5 Å². The quantitative estimate of drug-likeness (QED) is 0.900. The Labute approximate surface area is 101 Å². The SMILES string of the molecule is CN(c1ccccc1C(N)=O)S(=O)(=O)C(F)(F)F. The van der Waals surface area contributed by atoms with Crippen molar-refractivity contribution in [2.75, 3.05) is 11.4 Å². The van der Waals surface area contributed by atoms with Gasteiger partial charge in [-0.25, -0.2) is 0 Å². The molecule has 0 heterocycles. The zero-order chi connectivity index (χ0) is 14.1. The van der Waals surface area contributed by atoms with Gasteiger partial charge in [-0.3, -0.25) is 9.10 Å². The zero-order valence-electron chi connectivity index (χ0n) is 9.10. The summed E-state index contributed by atoms with van der Waals surface area (Å²) >= 11 is 0. The maximum atomic E-state index is 12.4. The van der Waals surface area contributed by atoms with Crippen molar-refractivity contribution in [2.24, 2.45) is 5.73 Å². The van der Waals surface area contributed by atoms with E-state index in [4.69, 9.17) is 5.73 Å². The molecule has 2 N–H and O–H groups in total. The highest BCUT2D eigenvalue weighted by Crippen LogP contribution is 2.31. The highest BCUT2D eigenvalue weighted by Gasteiger charge is 2.49. The van der Waals surface area contributed by atoms with E-state index in [0.717, 1.165) is 12.1 Å². The van der Waals surface area contributed by atoms with Crippen molar-refractivity contribution in [3.8, 4) is 0 Å². The van der Waals surface area contributed by atoms with Gasteiger partial charge in [-0.15, -0.1) is 0 Å². The number of nitrogens with zero attached hydrogens (tertiary/aromatic N) is 1. The van der Waals surface area contributed by atoms with E-state index in [1.165, 1.54) is 12.1 Å². The molecule has 0 aliphatic heterocycles. The van der Waals surface area contributed by atoms with E-state index in [1.807, 2.05) is 0 Å². The van der Waals surface area contributed by atoms with Crippen molar-refractivity contribution in [2.45, 2.75) is 5.51 Å². The highest BCUT2D eigenvalue weighted by atomic mass is 32.2. The summed E-state index contributed by atoms with van der Waals surface area (Å²) in [5.41, 5.74) is -1.23. The molecule has 0 saturated heterocycles. The van der Waals surface area contributed by atoms with E-state index >= 15 is 0 Å². The third kappa shape index (κ3) is 2.40. The maximum absolute atomic E-state index is 12.4. The molecule has 0 aromatic heterocycles. The van der Waals surface area contributed by atoms with Crippen LogP contribution in [0.4, 0.5) is 18.9 Å². The van der Waals surface area contributed by atoms with Crippen LogP contribution < -0.4 is 10.0 Å². The first kappa shape index (κ1) is 14.3. The number of benzene rings is 1. The molecule has 0 radical (unpaired) electrons. The summed E-state index contributed by atoms with van der Waals surface area (Å²) in [7, 11) is -4.86. The Hall–Kier alpha value is -1.77. The third-order valence-electron chi connectivity index (χ3n) is 2.16. The lowest BCUT2D eigenvalue weighted by atomic mass is 10.2. The van der Waals surface area contributed by atoms with Gasteiger partial charge in [-0.05, 0) is 12.1 Å². The van der Waals surface area contributed by atoms with Crippen molar-refractivity contribution in [1.82, 2.24) is 0 Å². The average Bonchev–Trinajstić information content (AvgIpc) is 2.26. The van der Waals surface area contributed by atoms with Crippen molar-refractivity contribution >= 4 is 21.6 Å². The van der Waals surface area contributed by atoms with Crippen LogP contribution in [0.25, 0.3) is 0 Å². The molecule has 9 heteroatoms. The molecule has 0 aliphatic carbocycles. The monoisotopic (exact) mass is 282 g/mol. The van der Waals surface area contributed by atoms with Crippen molar-refractivity contribution < 1.29 is 26.4 Å². The molecular weight excluding hydrogens is 273 g/mol. The molecule has 0 unspecified atom stereocenters. The number of hydrogen-bond donors (Lipinski definition) is 1. The van der Waals surface area contributed by atoms with Crippen LogP contribution in [-0.4, -0.2) is 26.9 Å². The van der Waals surface area contributed by atoms with E-state index in [2.05, 4.69) is 0 Å². The largest absolute Gasteiger partial charge is 0.516 e. The molecule has 0 aliphatic rings. The molecule has 1 rings (SSSR count). The fourth-order valence-corrected chi connectivity index (χ4v) is 1.97. The summed E-state index contributed by atoms with van der Waals surface area (Å²) in [6.45, 7) is 0. The van der Waals surface area contributed by atoms with Gasteiger partial charge < -0.3 is 5.73 Å². The summed E-state index contributed by atoms with van der Waals surface area (Å²) in [4.78, 5) is 11.0. The number of carbonyl (C=O) groups is 1. The first-order chi connectivity index (χ1) is 8.09. The molecule has 0 bridgehead atoms. The van der Waals surface area contributed by atoms with Crippen LogP contribution in [0.5, 0.6) is 0 Å². The number of sulfonamides is 1. The van der Waals surface area contributed by atoms with Gasteiger partial charge in [0.1, 0.15) is 0 Å². The number of carbonyl (C=O) groups excluding carboxylic acids is 1. The van der Waals surface area contributed by atoms with Gasteiger partial charge in [0, 0.05) is 7.05 Å². The summed E-state index contributed by atoms with van der Waals surface area (Å²) < 4.78 is 59.4. The average molecular weight is 282 g/mol. The van der Waals surface area contributed by atoms with Crippen LogP contribution in [0.15, 0.2) is 24.3 Å². The summed E-state index contributed by atoms with van der Waals surface area (Å²) in [5, 5.41) is 0. The van der Waals surface area contributed by atoms with Crippen molar-refractivity contribution in [3.05, 3.63) is 29.8 Å². The van der Waals surface area contributed by atoms with Crippen LogP contribution in [-0.2, 0) is 10.0 Å². The lowest BCUT2D eigenvalue weighted by Gasteiger charge is -2.22. The minimum absolute atomic E-state index is 0.0207. The fraction of sp³-hybridized carbons (Fsp3) is 0.222. The summed E-state index contributed by atoms with van der Waals surface area (Å²) in [5.74, 6) is -1.02. The number of nitrogens with two attached hydrogens (primary N) is 1. The van der Waals surface area contributed by atoms with Gasteiger partial charge in [-0.1, -0.05) is 12.1 Å². The Balaban J connectivity index is 3.37. The molecule has 0 atom stereocenters. The number of para-hydroxylation sites is 1. The molecular formula is C9H9F3N2O3S. The standard InChI is InChI=1S/C9H9F3N2O3S/c1-14(18(16,17)9(10,11)12)7-5-3-2-4-6(7)8(13)15/h2-5H,1H3,(H2,13,15). The van der Waals surface area contributed by atoms with Gasteiger partial charge in [0.05, 0.1) is 11.3 Å². The van der Waals surface area contributed by atoms with Crippen molar-refractivity contribution in [1.29, 1.82) is 0 Å². The number of hydrogen-bond acceptors (Lipinski definition) is 3. The van der Waals surface area contributed by atoms with Crippen LogP contribution in [0.1, 0.15) is 10.4 Å². The van der Waals surface area contributed by atoms with Crippen LogP contribution in [0.3, 0.4) is 0 Å². The molecule has 0 fully saturated rings. The predicted molar refractivity (Wildman–Crippen MR) is 58.3 cm³/mol. The van der Waals surface area contributed by atoms with Gasteiger partial charge >= 0.3 is 15.5 Å². The van der Waals surface area contributed by atoms with Crippen LogP contribution >= 0.6 is 0 Å². The first-order valence-corrected chi connectivity index (χ1v) is 5.97. The Morgan fingerprint density at radius 1 is 1.28 bits per heavy atom. The summed E-state index contributed by atoms with van der Waals surface area (Å²) in [6, 6.07) is 4.85. The molecule has 0 spiro atoms. The Kier molecular flexibility index (Phi) is 3.56.